The smallest absolute Gasteiger partial charge is 0.342 e. The van der Waals surface area contributed by atoms with Crippen LogP contribution < -0.4 is 0 Å². The summed E-state index contributed by atoms with van der Waals surface area (Å²) in [6.45, 7) is 1.53. The Labute approximate surface area is 91.8 Å². The molecule has 0 fully saturated rings. The molecule has 0 radical (unpaired) electrons. The number of hydrogen-bond donors (Lipinski definition) is 1. The molecule has 88 valence electrons. The molecule has 16 heavy (non-hydrogen) atoms. The number of aryl methyl sites for hydroxylation is 1. The maximum atomic E-state index is 11.2. The fourth-order valence-corrected chi connectivity index (χ4v) is 1.18. The van der Waals surface area contributed by atoms with E-state index in [0.717, 1.165) is 7.11 Å². The number of aliphatic hydroxyl groups is 1. The first-order chi connectivity index (χ1) is 7.51. The fraction of sp³-hybridized carbons (Fsp3) is 0.400. The maximum Gasteiger partial charge on any atom is 0.342 e. The van der Waals surface area contributed by atoms with Crippen LogP contribution in [0.25, 0.3) is 0 Å². The van der Waals surface area contributed by atoms with Crippen LogP contribution in [0.2, 0.25) is 0 Å². The third kappa shape index (κ3) is 2.22. The van der Waals surface area contributed by atoms with Gasteiger partial charge in [-0.25, -0.2) is 9.59 Å². The zero-order valence-corrected chi connectivity index (χ0v) is 9.14. The number of hydrogen-bond acceptors (Lipinski definition) is 6. The topological polar surface area (TPSA) is 86.0 Å². The molecule has 1 heterocycles. The Bertz CT molecular complexity index is 405. The lowest BCUT2D eigenvalue weighted by Crippen LogP contribution is -2.12. The van der Waals surface area contributed by atoms with Crippen LogP contribution in [0.3, 0.4) is 0 Å². The van der Waals surface area contributed by atoms with Gasteiger partial charge in [-0.05, 0) is 13.0 Å². The van der Waals surface area contributed by atoms with E-state index in [1.54, 1.807) is 0 Å². The summed E-state index contributed by atoms with van der Waals surface area (Å²) < 4.78 is 13.9. The Balaban J connectivity index is 3.01. The second-order valence-corrected chi connectivity index (χ2v) is 3.04. The van der Waals surface area contributed by atoms with Crippen LogP contribution in [0.4, 0.5) is 0 Å². The van der Waals surface area contributed by atoms with Crippen LogP contribution in [0.1, 0.15) is 28.0 Å². The van der Waals surface area contributed by atoms with Crippen molar-refractivity contribution >= 4 is 11.9 Å². The SMILES string of the molecule is COC(=O)c1cc(C(O)C(=O)OC)oc1C. The Morgan fingerprint density at radius 3 is 2.50 bits per heavy atom. The molecule has 0 aliphatic rings. The van der Waals surface area contributed by atoms with Crippen molar-refractivity contribution in [3.8, 4) is 0 Å². The molecule has 1 aromatic rings. The van der Waals surface area contributed by atoms with Gasteiger partial charge >= 0.3 is 11.9 Å². The van der Waals surface area contributed by atoms with Gasteiger partial charge in [0.15, 0.2) is 0 Å². The van der Waals surface area contributed by atoms with Gasteiger partial charge in [0.2, 0.25) is 6.10 Å². The largest absolute Gasteiger partial charge is 0.467 e. The molecule has 6 heteroatoms. The van der Waals surface area contributed by atoms with Crippen LogP contribution in [0.5, 0.6) is 0 Å². The van der Waals surface area contributed by atoms with Crippen LogP contribution in [-0.2, 0) is 14.3 Å². The third-order valence-electron chi connectivity index (χ3n) is 2.04. The standard InChI is InChI=1S/C10H12O6/c1-5-6(9(12)14-2)4-7(16-5)8(11)10(13)15-3/h4,8,11H,1-3H3. The number of methoxy groups -OCH3 is 2. The van der Waals surface area contributed by atoms with E-state index in [-0.39, 0.29) is 17.1 Å². The third-order valence-corrected chi connectivity index (χ3v) is 2.04. The Hall–Kier alpha value is -1.82. The summed E-state index contributed by atoms with van der Waals surface area (Å²) in [6, 6.07) is 1.25. The number of furan rings is 1. The normalized spacial score (nSPS) is 12.0. The second kappa shape index (κ2) is 4.80. The first kappa shape index (κ1) is 12.3. The Kier molecular flexibility index (Phi) is 3.68. The molecular formula is C10H12O6. The quantitative estimate of drug-likeness (QED) is 0.761. The van der Waals surface area contributed by atoms with E-state index >= 15 is 0 Å². The van der Waals surface area contributed by atoms with Crippen LogP contribution in [0.15, 0.2) is 10.5 Å². The van der Waals surface area contributed by atoms with E-state index < -0.39 is 18.0 Å². The molecule has 0 spiro atoms. The lowest BCUT2D eigenvalue weighted by atomic mass is 10.2. The molecule has 1 atom stereocenters. The minimum atomic E-state index is -1.54. The van der Waals surface area contributed by atoms with Gasteiger partial charge in [0, 0.05) is 0 Å². The number of carbonyl (C=O) groups excluding carboxylic acids is 2. The molecule has 6 nitrogen and oxygen atoms in total. The summed E-state index contributed by atoms with van der Waals surface area (Å²) in [4.78, 5) is 22.3. The lowest BCUT2D eigenvalue weighted by Gasteiger charge is -2.03. The first-order valence-corrected chi connectivity index (χ1v) is 4.45. The number of esters is 2. The zero-order valence-electron chi connectivity index (χ0n) is 9.14. The molecule has 0 saturated carbocycles. The van der Waals surface area contributed by atoms with Crippen LogP contribution in [-0.4, -0.2) is 31.3 Å². The average Bonchev–Trinajstić information content (AvgIpc) is 2.68. The van der Waals surface area contributed by atoms with E-state index in [4.69, 9.17) is 4.42 Å². The number of ether oxygens (including phenoxy) is 2. The van der Waals surface area contributed by atoms with Gasteiger partial charge in [-0.2, -0.15) is 0 Å². The van der Waals surface area contributed by atoms with E-state index in [1.807, 2.05) is 0 Å². The second-order valence-electron chi connectivity index (χ2n) is 3.04. The molecule has 0 amide bonds. The van der Waals surface area contributed by atoms with Crippen molar-refractivity contribution in [1.82, 2.24) is 0 Å². The predicted octanol–water partition coefficient (Wildman–Crippen LogP) is 0.581. The average molecular weight is 228 g/mol. The summed E-state index contributed by atoms with van der Waals surface area (Å²) in [6.07, 6.45) is -1.54. The van der Waals surface area contributed by atoms with E-state index in [1.165, 1.54) is 20.1 Å². The highest BCUT2D eigenvalue weighted by atomic mass is 16.5. The van der Waals surface area contributed by atoms with Crippen molar-refractivity contribution in [3.63, 3.8) is 0 Å². The van der Waals surface area contributed by atoms with Gasteiger partial charge in [0.25, 0.3) is 0 Å². The van der Waals surface area contributed by atoms with Crippen LogP contribution in [0, 0.1) is 6.92 Å². The van der Waals surface area contributed by atoms with Crippen molar-refractivity contribution in [1.29, 1.82) is 0 Å². The molecular weight excluding hydrogens is 216 g/mol. The van der Waals surface area contributed by atoms with Gasteiger partial charge < -0.3 is 19.0 Å². The fourth-order valence-electron chi connectivity index (χ4n) is 1.18. The van der Waals surface area contributed by atoms with Gasteiger partial charge in [-0.3, -0.25) is 0 Å². The highest BCUT2D eigenvalue weighted by molar-refractivity contribution is 5.90. The minimum Gasteiger partial charge on any atom is -0.467 e. The van der Waals surface area contributed by atoms with Crippen molar-refractivity contribution in [2.24, 2.45) is 0 Å². The molecule has 0 aliphatic carbocycles. The summed E-state index contributed by atoms with van der Waals surface area (Å²) in [5, 5.41) is 9.46. The monoisotopic (exact) mass is 228 g/mol. The molecule has 0 aliphatic heterocycles. The van der Waals surface area contributed by atoms with E-state index in [9.17, 15) is 14.7 Å². The van der Waals surface area contributed by atoms with E-state index in [0.29, 0.717) is 0 Å². The highest BCUT2D eigenvalue weighted by Crippen LogP contribution is 2.22. The highest BCUT2D eigenvalue weighted by Gasteiger charge is 2.25. The molecule has 1 unspecified atom stereocenters. The summed E-state index contributed by atoms with van der Waals surface area (Å²) >= 11 is 0. The first-order valence-electron chi connectivity index (χ1n) is 4.45. The van der Waals surface area contributed by atoms with Crippen molar-refractivity contribution in [2.45, 2.75) is 13.0 Å². The summed E-state index contributed by atoms with van der Waals surface area (Å²) in [7, 11) is 2.37. The Morgan fingerprint density at radius 1 is 1.38 bits per heavy atom. The molecule has 0 bridgehead atoms. The van der Waals surface area contributed by atoms with Crippen molar-refractivity contribution in [2.75, 3.05) is 14.2 Å². The summed E-state index contributed by atoms with van der Waals surface area (Å²) in [5.41, 5.74) is 0.167. The molecule has 0 aromatic carbocycles. The maximum absolute atomic E-state index is 11.2. The molecule has 1 N–H and O–H groups in total. The predicted molar refractivity (Wildman–Crippen MR) is 51.8 cm³/mol. The molecule has 0 saturated heterocycles. The Morgan fingerprint density at radius 2 is 2.00 bits per heavy atom. The van der Waals surface area contributed by atoms with Gasteiger partial charge in [-0.1, -0.05) is 0 Å². The number of rotatable bonds is 3. The molecule has 1 aromatic heterocycles. The van der Waals surface area contributed by atoms with Crippen molar-refractivity contribution in [3.05, 3.63) is 23.2 Å². The lowest BCUT2D eigenvalue weighted by molar-refractivity contribution is -0.151. The number of aliphatic hydroxyl groups excluding tert-OH is 1. The van der Waals surface area contributed by atoms with Crippen LogP contribution >= 0.6 is 0 Å². The van der Waals surface area contributed by atoms with E-state index in [2.05, 4.69) is 9.47 Å². The minimum absolute atomic E-state index is 0.0512. The summed E-state index contributed by atoms with van der Waals surface area (Å²) in [5.74, 6) is -1.23. The van der Waals surface area contributed by atoms with Gasteiger partial charge in [0.05, 0.1) is 14.2 Å². The zero-order chi connectivity index (χ0) is 12.3. The number of carbonyl (C=O) groups is 2. The van der Waals surface area contributed by atoms with Gasteiger partial charge in [0.1, 0.15) is 17.1 Å². The van der Waals surface area contributed by atoms with Crippen molar-refractivity contribution < 1.29 is 28.6 Å². The molecule has 1 rings (SSSR count). The van der Waals surface area contributed by atoms with Gasteiger partial charge in [-0.15, -0.1) is 0 Å².